The van der Waals surface area contributed by atoms with Gasteiger partial charge in [-0.25, -0.2) is 0 Å². The summed E-state index contributed by atoms with van der Waals surface area (Å²) in [5, 5.41) is 0. The molecule has 3 rings (SSSR count). The minimum absolute atomic E-state index is 0.148. The smallest absolute Gasteiger partial charge is 0.289 e. The number of carbonyl (C=O) groups is 1. The number of piperidine rings is 1. The maximum atomic E-state index is 12.6. The van der Waals surface area contributed by atoms with Gasteiger partial charge in [-0.05, 0) is 45.7 Å². The lowest BCUT2D eigenvalue weighted by Crippen LogP contribution is -2.52. The third kappa shape index (κ3) is 2.62. The van der Waals surface area contributed by atoms with Gasteiger partial charge in [-0.1, -0.05) is 0 Å². The van der Waals surface area contributed by atoms with Crippen molar-refractivity contribution in [1.82, 2.24) is 9.80 Å². The molecule has 1 amide bonds. The van der Waals surface area contributed by atoms with Crippen LogP contribution in [0.3, 0.4) is 0 Å². The van der Waals surface area contributed by atoms with Crippen LogP contribution in [0.1, 0.15) is 29.2 Å². The molecular weight excluding hydrogens is 268 g/mol. The third-order valence-corrected chi connectivity index (χ3v) is 4.77. The van der Waals surface area contributed by atoms with E-state index >= 15 is 0 Å². The molecule has 5 heteroatoms. The predicted octanol–water partition coefficient (Wildman–Crippen LogP) is 1.36. The van der Waals surface area contributed by atoms with Crippen LogP contribution >= 0.6 is 0 Å². The molecule has 1 aromatic heterocycles. The molecule has 2 aliphatic rings. The van der Waals surface area contributed by atoms with Crippen molar-refractivity contribution in [3.63, 3.8) is 0 Å². The average Bonchev–Trinajstić information content (AvgIpc) is 2.68. The SMILES string of the molecule is Cc1cc(=O)cc(C(=O)N2C[C@H]3CC[C@@H](C2)C3N(C)C)o1. The molecule has 2 heterocycles. The van der Waals surface area contributed by atoms with Gasteiger partial charge in [-0.2, -0.15) is 0 Å². The molecule has 21 heavy (non-hydrogen) atoms. The maximum absolute atomic E-state index is 12.6. The first-order valence-corrected chi connectivity index (χ1v) is 7.53. The summed E-state index contributed by atoms with van der Waals surface area (Å²) < 4.78 is 5.44. The van der Waals surface area contributed by atoms with E-state index in [4.69, 9.17) is 4.42 Å². The Kier molecular flexibility index (Phi) is 3.61. The summed E-state index contributed by atoms with van der Waals surface area (Å²) in [7, 11) is 4.24. The number of likely N-dealkylation sites (tertiary alicyclic amines) is 1. The van der Waals surface area contributed by atoms with E-state index in [-0.39, 0.29) is 17.1 Å². The van der Waals surface area contributed by atoms with Crippen molar-refractivity contribution < 1.29 is 9.21 Å². The van der Waals surface area contributed by atoms with E-state index in [1.807, 2.05) is 4.90 Å². The van der Waals surface area contributed by atoms with Crippen molar-refractivity contribution in [2.45, 2.75) is 25.8 Å². The molecule has 1 aliphatic heterocycles. The second-order valence-corrected chi connectivity index (χ2v) is 6.53. The molecule has 0 radical (unpaired) electrons. The number of hydrogen-bond donors (Lipinski definition) is 0. The summed E-state index contributed by atoms with van der Waals surface area (Å²) in [6.45, 7) is 3.21. The van der Waals surface area contributed by atoms with Crippen molar-refractivity contribution >= 4 is 5.91 Å². The number of rotatable bonds is 2. The minimum Gasteiger partial charge on any atom is -0.456 e. The van der Waals surface area contributed by atoms with Gasteiger partial charge in [-0.15, -0.1) is 0 Å². The van der Waals surface area contributed by atoms with Crippen molar-refractivity contribution in [3.8, 4) is 0 Å². The molecule has 0 N–H and O–H groups in total. The summed E-state index contributed by atoms with van der Waals surface area (Å²) in [6, 6.07) is 3.27. The summed E-state index contributed by atoms with van der Waals surface area (Å²) >= 11 is 0. The summed E-state index contributed by atoms with van der Waals surface area (Å²) in [5.74, 6) is 1.56. The normalized spacial score (nSPS) is 28.2. The second-order valence-electron chi connectivity index (χ2n) is 6.53. The average molecular weight is 290 g/mol. The second kappa shape index (κ2) is 5.30. The Bertz CT molecular complexity index is 594. The molecule has 2 bridgehead atoms. The lowest BCUT2D eigenvalue weighted by molar-refractivity contribution is 0.0457. The molecule has 0 spiro atoms. The van der Waals surface area contributed by atoms with E-state index in [9.17, 15) is 9.59 Å². The van der Waals surface area contributed by atoms with Gasteiger partial charge in [0.1, 0.15) is 5.76 Å². The fraction of sp³-hybridized carbons (Fsp3) is 0.625. The zero-order valence-electron chi connectivity index (χ0n) is 12.8. The Balaban J connectivity index is 1.80. The first kappa shape index (κ1) is 14.3. The first-order valence-electron chi connectivity index (χ1n) is 7.53. The van der Waals surface area contributed by atoms with E-state index in [2.05, 4.69) is 19.0 Å². The quantitative estimate of drug-likeness (QED) is 0.825. The van der Waals surface area contributed by atoms with Crippen LogP contribution in [0.5, 0.6) is 0 Å². The zero-order chi connectivity index (χ0) is 15.1. The van der Waals surface area contributed by atoms with Crippen LogP contribution in [0.25, 0.3) is 0 Å². The van der Waals surface area contributed by atoms with E-state index < -0.39 is 0 Å². The largest absolute Gasteiger partial charge is 0.456 e. The van der Waals surface area contributed by atoms with Crippen molar-refractivity contribution in [2.75, 3.05) is 27.2 Å². The highest BCUT2D eigenvalue weighted by atomic mass is 16.3. The molecule has 1 saturated heterocycles. The van der Waals surface area contributed by atoms with Gasteiger partial charge in [0.25, 0.3) is 5.91 Å². The van der Waals surface area contributed by atoms with Gasteiger partial charge in [0.15, 0.2) is 11.2 Å². The number of aryl methyl sites for hydroxylation is 1. The fourth-order valence-corrected chi connectivity index (χ4v) is 4.07. The van der Waals surface area contributed by atoms with Crippen LogP contribution in [0.4, 0.5) is 0 Å². The molecule has 1 unspecified atom stereocenters. The van der Waals surface area contributed by atoms with Gasteiger partial charge in [0.2, 0.25) is 0 Å². The van der Waals surface area contributed by atoms with Crippen LogP contribution in [-0.2, 0) is 0 Å². The van der Waals surface area contributed by atoms with Crippen LogP contribution in [-0.4, -0.2) is 48.9 Å². The van der Waals surface area contributed by atoms with Crippen molar-refractivity contribution in [3.05, 3.63) is 33.9 Å². The molecule has 1 aromatic rings. The molecular formula is C16H22N2O3. The number of fused-ring (bicyclic) bond motifs is 2. The summed E-state index contributed by atoms with van der Waals surface area (Å²) in [6.07, 6.45) is 2.35. The first-order chi connectivity index (χ1) is 9.95. The highest BCUT2D eigenvalue weighted by Crippen LogP contribution is 2.39. The van der Waals surface area contributed by atoms with Crippen LogP contribution < -0.4 is 5.43 Å². The lowest BCUT2D eigenvalue weighted by atomic mass is 9.91. The molecule has 1 saturated carbocycles. The Morgan fingerprint density at radius 3 is 2.38 bits per heavy atom. The van der Waals surface area contributed by atoms with Gasteiger partial charge in [0.05, 0.1) is 0 Å². The third-order valence-electron chi connectivity index (χ3n) is 4.77. The van der Waals surface area contributed by atoms with Crippen molar-refractivity contribution in [2.24, 2.45) is 11.8 Å². The Morgan fingerprint density at radius 2 is 1.86 bits per heavy atom. The summed E-state index contributed by atoms with van der Waals surface area (Å²) in [5.41, 5.74) is -0.173. The Morgan fingerprint density at radius 1 is 1.24 bits per heavy atom. The van der Waals surface area contributed by atoms with Crippen LogP contribution in [0, 0.1) is 18.8 Å². The van der Waals surface area contributed by atoms with E-state index in [1.165, 1.54) is 25.0 Å². The summed E-state index contributed by atoms with van der Waals surface area (Å²) in [4.78, 5) is 28.3. The van der Waals surface area contributed by atoms with Gasteiger partial charge >= 0.3 is 0 Å². The molecule has 114 valence electrons. The van der Waals surface area contributed by atoms with Gasteiger partial charge < -0.3 is 14.2 Å². The molecule has 1 aliphatic carbocycles. The van der Waals surface area contributed by atoms with E-state index in [0.717, 1.165) is 13.1 Å². The van der Waals surface area contributed by atoms with E-state index in [0.29, 0.717) is 23.6 Å². The van der Waals surface area contributed by atoms with Crippen LogP contribution in [0.2, 0.25) is 0 Å². The molecule has 2 fully saturated rings. The number of amides is 1. The topological polar surface area (TPSA) is 53.8 Å². The highest BCUT2D eigenvalue weighted by Gasteiger charge is 2.44. The zero-order valence-corrected chi connectivity index (χ0v) is 12.8. The van der Waals surface area contributed by atoms with Crippen LogP contribution in [0.15, 0.2) is 21.3 Å². The number of nitrogens with zero attached hydrogens (tertiary/aromatic N) is 2. The minimum atomic E-state index is -0.173. The lowest BCUT2D eigenvalue weighted by Gasteiger charge is -2.40. The molecule has 3 atom stereocenters. The fourth-order valence-electron chi connectivity index (χ4n) is 4.07. The van der Waals surface area contributed by atoms with Gasteiger partial charge in [-0.3, -0.25) is 9.59 Å². The standard InChI is InChI=1S/C16H22N2O3/c1-10-6-13(19)7-14(21-10)16(20)18-8-11-4-5-12(9-18)15(11)17(2)3/h6-7,11-12,15H,4-5,8-9H2,1-3H3/t11-,12+,15?. The Hall–Kier alpha value is -1.62. The maximum Gasteiger partial charge on any atom is 0.289 e. The number of carbonyl (C=O) groups excluding carboxylic acids is 1. The monoisotopic (exact) mass is 290 g/mol. The van der Waals surface area contributed by atoms with Gasteiger partial charge in [0, 0.05) is 31.3 Å². The van der Waals surface area contributed by atoms with E-state index in [1.54, 1.807) is 6.92 Å². The van der Waals surface area contributed by atoms with Crippen molar-refractivity contribution in [1.29, 1.82) is 0 Å². The highest BCUT2D eigenvalue weighted by molar-refractivity contribution is 5.91. The molecule has 5 nitrogen and oxygen atoms in total. The molecule has 0 aromatic carbocycles. The Labute approximate surface area is 124 Å². The predicted molar refractivity (Wildman–Crippen MR) is 79.3 cm³/mol. The number of hydrogen-bond acceptors (Lipinski definition) is 4.